The Morgan fingerprint density at radius 1 is 1.24 bits per heavy atom. The number of aromatic nitrogens is 2. The first-order chi connectivity index (χ1) is 10.2. The van der Waals surface area contributed by atoms with Gasteiger partial charge in [0.2, 0.25) is 5.91 Å². The Hall–Kier alpha value is -2.27. The van der Waals surface area contributed by atoms with Crippen molar-refractivity contribution in [1.29, 1.82) is 0 Å². The van der Waals surface area contributed by atoms with Crippen LogP contribution in [0.15, 0.2) is 42.7 Å². The number of aryl methyl sites for hydroxylation is 1. The SMILES string of the molecule is Cc1ncc(CNC(=O)Cc2cccc3cccnc23)s1. The molecule has 106 valence electrons. The molecule has 3 aromatic rings. The second kappa shape index (κ2) is 6.01. The lowest BCUT2D eigenvalue weighted by Crippen LogP contribution is -2.24. The number of benzene rings is 1. The van der Waals surface area contributed by atoms with Crippen LogP contribution in [0.25, 0.3) is 10.9 Å². The summed E-state index contributed by atoms with van der Waals surface area (Å²) in [6.45, 7) is 2.49. The molecule has 1 amide bonds. The number of nitrogens with zero attached hydrogens (tertiary/aromatic N) is 2. The molecular formula is C16H15N3OS. The number of pyridine rings is 1. The molecule has 0 aliphatic carbocycles. The number of nitrogens with one attached hydrogen (secondary N) is 1. The van der Waals surface area contributed by atoms with Crippen molar-refractivity contribution < 1.29 is 4.79 Å². The summed E-state index contributed by atoms with van der Waals surface area (Å²) in [5.74, 6) is -0.000735. The van der Waals surface area contributed by atoms with E-state index in [2.05, 4.69) is 15.3 Å². The monoisotopic (exact) mass is 297 g/mol. The lowest BCUT2D eigenvalue weighted by molar-refractivity contribution is -0.120. The summed E-state index contributed by atoms with van der Waals surface area (Å²) in [4.78, 5) is 21.7. The maximum Gasteiger partial charge on any atom is 0.224 e. The normalized spacial score (nSPS) is 10.7. The zero-order valence-electron chi connectivity index (χ0n) is 11.7. The van der Waals surface area contributed by atoms with Crippen LogP contribution in [0.1, 0.15) is 15.4 Å². The van der Waals surface area contributed by atoms with Gasteiger partial charge in [0.05, 0.1) is 23.5 Å². The van der Waals surface area contributed by atoms with Crippen molar-refractivity contribution >= 4 is 28.1 Å². The Kier molecular flexibility index (Phi) is 3.92. The highest BCUT2D eigenvalue weighted by molar-refractivity contribution is 7.11. The van der Waals surface area contributed by atoms with E-state index in [0.29, 0.717) is 13.0 Å². The molecule has 0 saturated carbocycles. The number of rotatable bonds is 4. The fourth-order valence-corrected chi connectivity index (χ4v) is 2.95. The van der Waals surface area contributed by atoms with Crippen LogP contribution in [0.4, 0.5) is 0 Å². The van der Waals surface area contributed by atoms with Gasteiger partial charge in [-0.25, -0.2) is 4.98 Å². The number of hydrogen-bond acceptors (Lipinski definition) is 4. The topological polar surface area (TPSA) is 54.9 Å². The van der Waals surface area contributed by atoms with Crippen LogP contribution in [0.5, 0.6) is 0 Å². The smallest absolute Gasteiger partial charge is 0.224 e. The predicted molar refractivity (Wildman–Crippen MR) is 84.1 cm³/mol. The number of amides is 1. The van der Waals surface area contributed by atoms with Gasteiger partial charge in [0, 0.05) is 22.7 Å². The van der Waals surface area contributed by atoms with Gasteiger partial charge in [0.1, 0.15) is 0 Å². The number of hydrogen-bond donors (Lipinski definition) is 1. The molecule has 0 saturated heterocycles. The first kappa shape index (κ1) is 13.7. The lowest BCUT2D eigenvalue weighted by Gasteiger charge is -2.06. The van der Waals surface area contributed by atoms with Crippen LogP contribution < -0.4 is 5.32 Å². The van der Waals surface area contributed by atoms with Gasteiger partial charge < -0.3 is 5.32 Å². The molecule has 0 aliphatic rings. The molecule has 0 atom stereocenters. The minimum Gasteiger partial charge on any atom is -0.351 e. The third-order valence-electron chi connectivity index (χ3n) is 3.20. The Balaban J connectivity index is 1.69. The zero-order valence-corrected chi connectivity index (χ0v) is 12.5. The van der Waals surface area contributed by atoms with Gasteiger partial charge in [-0.05, 0) is 18.6 Å². The summed E-state index contributed by atoms with van der Waals surface area (Å²) in [6.07, 6.45) is 3.90. The van der Waals surface area contributed by atoms with E-state index in [0.717, 1.165) is 26.4 Å². The van der Waals surface area contributed by atoms with Gasteiger partial charge in [-0.3, -0.25) is 9.78 Å². The van der Waals surface area contributed by atoms with Crippen molar-refractivity contribution in [2.24, 2.45) is 0 Å². The van der Waals surface area contributed by atoms with E-state index >= 15 is 0 Å². The van der Waals surface area contributed by atoms with Gasteiger partial charge in [0.15, 0.2) is 0 Å². The van der Waals surface area contributed by atoms with Crippen molar-refractivity contribution in [2.45, 2.75) is 19.9 Å². The Morgan fingerprint density at radius 2 is 2.10 bits per heavy atom. The Bertz CT molecular complexity index is 777. The van der Waals surface area contributed by atoms with Crippen LogP contribution in [-0.2, 0) is 17.8 Å². The molecule has 21 heavy (non-hydrogen) atoms. The predicted octanol–water partition coefficient (Wildman–Crippen LogP) is 2.86. The average molecular weight is 297 g/mol. The van der Waals surface area contributed by atoms with Crippen molar-refractivity contribution in [2.75, 3.05) is 0 Å². The molecule has 3 rings (SSSR count). The fraction of sp³-hybridized carbons (Fsp3) is 0.188. The molecule has 2 heterocycles. The summed E-state index contributed by atoms with van der Waals surface area (Å²) < 4.78 is 0. The first-order valence-corrected chi connectivity index (χ1v) is 7.54. The standard InChI is InChI=1S/C16H15N3OS/c1-11-18-9-14(21-11)10-19-15(20)8-13-5-2-4-12-6-3-7-17-16(12)13/h2-7,9H,8,10H2,1H3,(H,19,20). The van der Waals surface area contributed by atoms with E-state index in [4.69, 9.17) is 0 Å². The van der Waals surface area contributed by atoms with Crippen LogP contribution in [-0.4, -0.2) is 15.9 Å². The summed E-state index contributed by atoms with van der Waals surface area (Å²) in [5, 5.41) is 5.00. The molecule has 5 heteroatoms. The second-order valence-corrected chi connectivity index (χ2v) is 6.11. The minimum absolute atomic E-state index is 0.000735. The molecule has 0 unspecified atom stereocenters. The van der Waals surface area contributed by atoms with Crippen LogP contribution in [0.2, 0.25) is 0 Å². The van der Waals surface area contributed by atoms with Gasteiger partial charge in [-0.1, -0.05) is 24.3 Å². The molecule has 0 spiro atoms. The van der Waals surface area contributed by atoms with Gasteiger partial charge in [0.25, 0.3) is 0 Å². The summed E-state index contributed by atoms with van der Waals surface area (Å²) >= 11 is 1.60. The van der Waals surface area contributed by atoms with Crippen molar-refractivity contribution in [3.8, 4) is 0 Å². The van der Waals surface area contributed by atoms with E-state index in [1.165, 1.54) is 0 Å². The third kappa shape index (κ3) is 3.25. The van der Waals surface area contributed by atoms with Crippen molar-refractivity contribution in [3.05, 3.63) is 58.2 Å². The Labute approximate surface area is 126 Å². The average Bonchev–Trinajstić information content (AvgIpc) is 2.91. The minimum atomic E-state index is -0.000735. The maximum atomic E-state index is 12.1. The van der Waals surface area contributed by atoms with Gasteiger partial charge in [-0.15, -0.1) is 11.3 Å². The molecule has 0 aliphatic heterocycles. The van der Waals surface area contributed by atoms with E-state index in [1.807, 2.05) is 37.3 Å². The highest BCUT2D eigenvalue weighted by atomic mass is 32.1. The Morgan fingerprint density at radius 3 is 2.90 bits per heavy atom. The largest absolute Gasteiger partial charge is 0.351 e. The van der Waals surface area contributed by atoms with Crippen LogP contribution >= 0.6 is 11.3 Å². The summed E-state index contributed by atoms with van der Waals surface area (Å²) in [7, 11) is 0. The lowest BCUT2D eigenvalue weighted by atomic mass is 10.1. The van der Waals surface area contributed by atoms with Crippen LogP contribution in [0.3, 0.4) is 0 Å². The van der Waals surface area contributed by atoms with E-state index in [-0.39, 0.29) is 5.91 Å². The first-order valence-electron chi connectivity index (χ1n) is 6.73. The second-order valence-electron chi connectivity index (χ2n) is 4.79. The number of carbonyl (C=O) groups is 1. The number of fused-ring (bicyclic) bond motifs is 1. The molecule has 0 radical (unpaired) electrons. The molecule has 0 bridgehead atoms. The van der Waals surface area contributed by atoms with Crippen LogP contribution in [0, 0.1) is 6.92 Å². The molecular weight excluding hydrogens is 282 g/mol. The third-order valence-corrected chi connectivity index (χ3v) is 4.11. The molecule has 2 aromatic heterocycles. The molecule has 4 nitrogen and oxygen atoms in total. The number of thiazole rings is 1. The summed E-state index contributed by atoms with van der Waals surface area (Å²) in [6, 6.07) is 9.82. The quantitative estimate of drug-likeness (QED) is 0.805. The van der Waals surface area contributed by atoms with E-state index < -0.39 is 0 Å². The van der Waals surface area contributed by atoms with Gasteiger partial charge in [-0.2, -0.15) is 0 Å². The van der Waals surface area contributed by atoms with Crippen molar-refractivity contribution in [1.82, 2.24) is 15.3 Å². The van der Waals surface area contributed by atoms with E-state index in [1.54, 1.807) is 23.7 Å². The van der Waals surface area contributed by atoms with E-state index in [9.17, 15) is 4.79 Å². The molecule has 1 N–H and O–H groups in total. The highest BCUT2D eigenvalue weighted by Gasteiger charge is 2.08. The molecule has 1 aromatic carbocycles. The fourth-order valence-electron chi connectivity index (χ4n) is 2.22. The van der Waals surface area contributed by atoms with Gasteiger partial charge >= 0.3 is 0 Å². The highest BCUT2D eigenvalue weighted by Crippen LogP contribution is 2.16. The molecule has 0 fully saturated rings. The number of para-hydroxylation sites is 1. The number of carbonyl (C=O) groups excluding carboxylic acids is 1. The summed E-state index contributed by atoms with van der Waals surface area (Å²) in [5.41, 5.74) is 1.84. The van der Waals surface area contributed by atoms with Crippen molar-refractivity contribution in [3.63, 3.8) is 0 Å². The maximum absolute atomic E-state index is 12.1. The zero-order chi connectivity index (χ0) is 14.7.